The van der Waals surface area contributed by atoms with E-state index in [1.807, 2.05) is 6.07 Å². The number of hydrogen-bond donors (Lipinski definition) is 2. The van der Waals surface area contributed by atoms with Crippen molar-refractivity contribution >= 4 is 29.1 Å². The van der Waals surface area contributed by atoms with Gasteiger partial charge in [0.1, 0.15) is 12.1 Å². The molecule has 1 unspecified atom stereocenters. The maximum atomic E-state index is 11.5. The molecule has 0 aliphatic carbocycles. The molecule has 1 fully saturated rings. The van der Waals surface area contributed by atoms with Crippen LogP contribution in [0.15, 0.2) is 18.2 Å². The van der Waals surface area contributed by atoms with Gasteiger partial charge in [0.05, 0.1) is 10.6 Å². The number of nitrogens with zero attached hydrogens (tertiary/aromatic N) is 1. The van der Waals surface area contributed by atoms with E-state index in [1.165, 1.54) is 0 Å². The first-order valence-electron chi connectivity index (χ1n) is 5.40. The molecular formula is C12H10ClN3O2. The molecule has 2 amide bonds. The number of benzene rings is 1. The Bertz CT molecular complexity index is 551. The van der Waals surface area contributed by atoms with E-state index >= 15 is 0 Å². The molecule has 1 atom stereocenters. The van der Waals surface area contributed by atoms with Crippen molar-refractivity contribution < 1.29 is 9.59 Å². The Balaban J connectivity index is 2.10. The van der Waals surface area contributed by atoms with Crippen LogP contribution in [0.25, 0.3) is 0 Å². The molecule has 0 aromatic heterocycles. The minimum atomic E-state index is -0.452. The van der Waals surface area contributed by atoms with E-state index in [1.54, 1.807) is 18.2 Å². The smallest absolute Gasteiger partial charge is 0.249 e. The number of amides is 2. The van der Waals surface area contributed by atoms with Crippen molar-refractivity contribution in [3.63, 3.8) is 0 Å². The van der Waals surface area contributed by atoms with Crippen LogP contribution in [-0.2, 0) is 9.59 Å². The van der Waals surface area contributed by atoms with Crippen LogP contribution in [0.2, 0.25) is 5.02 Å². The molecule has 1 aliphatic rings. The summed E-state index contributed by atoms with van der Waals surface area (Å²) in [5.74, 6) is -0.595. The van der Waals surface area contributed by atoms with Crippen LogP contribution in [0.1, 0.15) is 18.4 Å². The average Bonchev–Trinajstić information content (AvgIpc) is 2.33. The number of anilines is 1. The van der Waals surface area contributed by atoms with Crippen LogP contribution >= 0.6 is 11.6 Å². The van der Waals surface area contributed by atoms with Gasteiger partial charge in [0.2, 0.25) is 11.8 Å². The molecule has 1 heterocycles. The summed E-state index contributed by atoms with van der Waals surface area (Å²) in [6.07, 6.45) is 0.760. The standard InChI is InChI=1S/C12H10ClN3O2/c13-9-5-8(2-1-7(9)6-14)15-10-3-4-11(17)16-12(10)18/h1-2,5,10,15H,3-4H2,(H,16,17,18). The van der Waals surface area contributed by atoms with E-state index in [-0.39, 0.29) is 11.8 Å². The predicted octanol–water partition coefficient (Wildman–Crippen LogP) is 1.43. The second-order valence-electron chi connectivity index (χ2n) is 3.95. The number of nitriles is 1. The fourth-order valence-electron chi connectivity index (χ4n) is 1.73. The van der Waals surface area contributed by atoms with Crippen LogP contribution in [0.4, 0.5) is 5.69 Å². The molecule has 1 saturated heterocycles. The van der Waals surface area contributed by atoms with Crippen LogP contribution < -0.4 is 10.6 Å². The number of nitrogens with one attached hydrogen (secondary N) is 2. The van der Waals surface area contributed by atoms with E-state index < -0.39 is 6.04 Å². The lowest BCUT2D eigenvalue weighted by molar-refractivity contribution is -0.133. The molecule has 6 heteroatoms. The van der Waals surface area contributed by atoms with Gasteiger partial charge in [-0.15, -0.1) is 0 Å². The van der Waals surface area contributed by atoms with Crippen LogP contribution in [0.5, 0.6) is 0 Å². The topological polar surface area (TPSA) is 82.0 Å². The zero-order chi connectivity index (χ0) is 13.1. The molecule has 0 radical (unpaired) electrons. The molecule has 0 spiro atoms. The number of hydrogen-bond acceptors (Lipinski definition) is 4. The summed E-state index contributed by atoms with van der Waals surface area (Å²) in [7, 11) is 0. The van der Waals surface area contributed by atoms with Gasteiger partial charge in [-0.2, -0.15) is 5.26 Å². The second kappa shape index (κ2) is 5.07. The summed E-state index contributed by atoms with van der Waals surface area (Å²) in [6.45, 7) is 0. The van der Waals surface area contributed by atoms with E-state index in [2.05, 4.69) is 10.6 Å². The predicted molar refractivity (Wildman–Crippen MR) is 66.0 cm³/mol. The highest BCUT2D eigenvalue weighted by atomic mass is 35.5. The van der Waals surface area contributed by atoms with Crippen molar-refractivity contribution in [2.24, 2.45) is 0 Å². The van der Waals surface area contributed by atoms with Gasteiger partial charge in [-0.25, -0.2) is 0 Å². The highest BCUT2D eigenvalue weighted by Crippen LogP contribution is 2.21. The molecule has 0 saturated carbocycles. The summed E-state index contributed by atoms with van der Waals surface area (Å²) >= 11 is 5.89. The Kier molecular flexibility index (Phi) is 3.49. The lowest BCUT2D eigenvalue weighted by Gasteiger charge is -2.22. The Morgan fingerprint density at radius 3 is 2.83 bits per heavy atom. The first-order chi connectivity index (χ1) is 8.60. The zero-order valence-electron chi connectivity index (χ0n) is 9.37. The molecule has 1 aromatic carbocycles. The monoisotopic (exact) mass is 263 g/mol. The number of carbonyl (C=O) groups is 2. The third-order valence-electron chi connectivity index (χ3n) is 2.67. The van der Waals surface area contributed by atoms with Gasteiger partial charge < -0.3 is 5.32 Å². The SMILES string of the molecule is N#Cc1ccc(NC2CCC(=O)NC2=O)cc1Cl. The molecule has 18 heavy (non-hydrogen) atoms. The number of imide groups is 1. The van der Waals surface area contributed by atoms with Crippen molar-refractivity contribution in [1.82, 2.24) is 5.32 Å². The van der Waals surface area contributed by atoms with Crippen molar-refractivity contribution in [1.29, 1.82) is 5.26 Å². The second-order valence-corrected chi connectivity index (χ2v) is 4.36. The maximum absolute atomic E-state index is 11.5. The number of rotatable bonds is 2. The molecule has 0 bridgehead atoms. The number of halogens is 1. The minimum absolute atomic E-state index is 0.254. The Morgan fingerprint density at radius 1 is 1.44 bits per heavy atom. The molecule has 1 aliphatic heterocycles. The van der Waals surface area contributed by atoms with Crippen molar-refractivity contribution in [2.75, 3.05) is 5.32 Å². The van der Waals surface area contributed by atoms with Crippen LogP contribution in [-0.4, -0.2) is 17.9 Å². The first kappa shape index (κ1) is 12.4. The van der Waals surface area contributed by atoms with E-state index in [0.717, 1.165) is 0 Å². The van der Waals surface area contributed by atoms with Crippen molar-refractivity contribution in [3.8, 4) is 6.07 Å². The fraction of sp³-hybridized carbons (Fsp3) is 0.250. The summed E-state index contributed by atoms with van der Waals surface area (Å²) in [4.78, 5) is 22.5. The number of piperidine rings is 1. The van der Waals surface area contributed by atoms with Gasteiger partial charge >= 0.3 is 0 Å². The van der Waals surface area contributed by atoms with E-state index in [4.69, 9.17) is 16.9 Å². The highest BCUT2D eigenvalue weighted by molar-refractivity contribution is 6.32. The van der Waals surface area contributed by atoms with Crippen molar-refractivity contribution in [3.05, 3.63) is 28.8 Å². The Labute approximate surface area is 109 Å². The highest BCUT2D eigenvalue weighted by Gasteiger charge is 2.26. The van der Waals surface area contributed by atoms with Crippen molar-refractivity contribution in [2.45, 2.75) is 18.9 Å². The summed E-state index contributed by atoms with van der Waals surface area (Å²) in [5, 5.41) is 14.3. The van der Waals surface area contributed by atoms with E-state index in [9.17, 15) is 9.59 Å². The van der Waals surface area contributed by atoms with Crippen LogP contribution in [0.3, 0.4) is 0 Å². The van der Waals surface area contributed by atoms with Gasteiger partial charge in [0.15, 0.2) is 0 Å². The molecule has 5 nitrogen and oxygen atoms in total. The third-order valence-corrected chi connectivity index (χ3v) is 2.98. The summed E-state index contributed by atoms with van der Waals surface area (Å²) in [5.41, 5.74) is 1.03. The zero-order valence-corrected chi connectivity index (χ0v) is 10.1. The first-order valence-corrected chi connectivity index (χ1v) is 5.78. The minimum Gasteiger partial charge on any atom is -0.374 e. The molecule has 2 rings (SSSR count). The molecular weight excluding hydrogens is 254 g/mol. The Morgan fingerprint density at radius 2 is 2.22 bits per heavy atom. The lowest BCUT2D eigenvalue weighted by Crippen LogP contribution is -2.47. The third kappa shape index (κ3) is 2.60. The molecule has 92 valence electrons. The maximum Gasteiger partial charge on any atom is 0.249 e. The normalized spacial score (nSPS) is 19.0. The molecule has 1 aromatic rings. The Hall–Kier alpha value is -2.06. The largest absolute Gasteiger partial charge is 0.374 e. The molecule has 2 N–H and O–H groups in total. The van der Waals surface area contributed by atoms with Gasteiger partial charge in [-0.3, -0.25) is 14.9 Å². The quantitative estimate of drug-likeness (QED) is 0.791. The van der Waals surface area contributed by atoms with Gasteiger partial charge in [0, 0.05) is 12.1 Å². The van der Waals surface area contributed by atoms with Crippen LogP contribution in [0, 0.1) is 11.3 Å². The van der Waals surface area contributed by atoms with Gasteiger partial charge in [-0.05, 0) is 24.6 Å². The van der Waals surface area contributed by atoms with E-state index in [0.29, 0.717) is 29.1 Å². The van der Waals surface area contributed by atoms with Gasteiger partial charge in [0.25, 0.3) is 0 Å². The van der Waals surface area contributed by atoms with Gasteiger partial charge in [-0.1, -0.05) is 11.6 Å². The summed E-state index contributed by atoms with van der Waals surface area (Å²) < 4.78 is 0. The summed E-state index contributed by atoms with van der Waals surface area (Å²) in [6, 6.07) is 6.35. The lowest BCUT2D eigenvalue weighted by atomic mass is 10.1. The fourth-order valence-corrected chi connectivity index (χ4v) is 1.95. The number of carbonyl (C=O) groups excluding carboxylic acids is 2. The average molecular weight is 264 g/mol.